The maximum atomic E-state index is 12.9. The lowest BCUT2D eigenvalue weighted by molar-refractivity contribution is 0.0952. The summed E-state index contributed by atoms with van der Waals surface area (Å²) in [4.78, 5) is 16.3. The molecule has 0 bridgehead atoms. The minimum absolute atomic E-state index is 0.0406. The van der Waals surface area contributed by atoms with Gasteiger partial charge in [-0.05, 0) is 55.3 Å². The van der Waals surface area contributed by atoms with Gasteiger partial charge in [-0.2, -0.15) is 0 Å². The Kier molecular flexibility index (Phi) is 6.62. The molecule has 1 amide bonds. The van der Waals surface area contributed by atoms with E-state index in [9.17, 15) is 13.2 Å². The second-order valence-corrected chi connectivity index (χ2v) is 9.98. The largest absolute Gasteiger partial charge is 0.361 e. The molecule has 0 aliphatic carbocycles. The molecule has 33 heavy (non-hydrogen) atoms. The van der Waals surface area contributed by atoms with Crippen LogP contribution in [0.25, 0.3) is 10.9 Å². The van der Waals surface area contributed by atoms with E-state index in [2.05, 4.69) is 33.2 Å². The highest BCUT2D eigenvalue weighted by Gasteiger charge is 2.20. The summed E-state index contributed by atoms with van der Waals surface area (Å²) < 4.78 is 27.2. The molecule has 1 atom stereocenters. The zero-order valence-corrected chi connectivity index (χ0v) is 19.4. The maximum Gasteiger partial charge on any atom is 0.251 e. The number of hydrogen-bond donors (Lipinski definition) is 3. The molecule has 0 fully saturated rings. The van der Waals surface area contributed by atoms with Crippen molar-refractivity contribution < 1.29 is 13.2 Å². The normalized spacial score (nSPS) is 12.7. The molecule has 3 aromatic carbocycles. The molecule has 1 aromatic heterocycles. The third-order valence-corrected chi connectivity index (χ3v) is 7.16. The lowest BCUT2D eigenvalue weighted by Crippen LogP contribution is -2.30. The second-order valence-electron chi connectivity index (χ2n) is 8.26. The van der Waals surface area contributed by atoms with Gasteiger partial charge in [-0.15, -0.1) is 0 Å². The van der Waals surface area contributed by atoms with Gasteiger partial charge in [-0.1, -0.05) is 48.5 Å². The number of aromatic amines is 1. The monoisotopic (exact) mass is 461 g/mol. The van der Waals surface area contributed by atoms with Gasteiger partial charge in [0.2, 0.25) is 10.0 Å². The van der Waals surface area contributed by atoms with Gasteiger partial charge >= 0.3 is 0 Å². The molecule has 0 aliphatic rings. The number of nitrogens with one attached hydrogen (secondary N) is 3. The highest BCUT2D eigenvalue weighted by atomic mass is 32.2. The highest BCUT2D eigenvalue weighted by molar-refractivity contribution is 7.89. The van der Waals surface area contributed by atoms with E-state index in [-0.39, 0.29) is 22.8 Å². The summed E-state index contributed by atoms with van der Waals surface area (Å²) >= 11 is 0. The molecule has 3 N–H and O–H groups in total. The van der Waals surface area contributed by atoms with Crippen LogP contribution in [0.4, 0.5) is 0 Å². The molecular formula is C26H27N3O3S. The van der Waals surface area contributed by atoms with Gasteiger partial charge in [0.05, 0.1) is 4.90 Å². The quantitative estimate of drug-likeness (QED) is 0.363. The molecular weight excluding hydrogens is 434 g/mol. The standard InChI is InChI=1S/C26H27N3O3S/c1-18(2)29-33(31,32)21-14-12-20(13-15-21)26(30)28-16-23(19-8-4-3-5-9-19)24-17-27-25-11-7-6-10-22(24)25/h3-15,17-18,23,27,29H,16H2,1-2H3,(H,28,30). The zero-order valence-electron chi connectivity index (χ0n) is 18.6. The summed E-state index contributed by atoms with van der Waals surface area (Å²) in [6.45, 7) is 3.92. The van der Waals surface area contributed by atoms with Crippen molar-refractivity contribution in [2.45, 2.75) is 30.7 Å². The van der Waals surface area contributed by atoms with Crippen LogP contribution in [0, 0.1) is 0 Å². The number of sulfonamides is 1. The first-order chi connectivity index (χ1) is 15.8. The van der Waals surface area contributed by atoms with Gasteiger partial charge in [-0.3, -0.25) is 4.79 Å². The van der Waals surface area contributed by atoms with Crippen LogP contribution in [0.1, 0.15) is 41.3 Å². The fraction of sp³-hybridized carbons (Fsp3) is 0.192. The molecule has 0 saturated heterocycles. The number of aromatic nitrogens is 1. The molecule has 0 saturated carbocycles. The van der Waals surface area contributed by atoms with E-state index in [1.54, 1.807) is 13.8 Å². The van der Waals surface area contributed by atoms with Crippen LogP contribution < -0.4 is 10.0 Å². The van der Waals surface area contributed by atoms with Gasteiger partial charge in [0, 0.05) is 41.2 Å². The molecule has 1 unspecified atom stereocenters. The molecule has 6 nitrogen and oxygen atoms in total. The van der Waals surface area contributed by atoms with Crippen molar-refractivity contribution in [3.05, 3.63) is 102 Å². The van der Waals surface area contributed by atoms with Crippen LogP contribution in [0.3, 0.4) is 0 Å². The van der Waals surface area contributed by atoms with E-state index in [1.807, 2.05) is 42.6 Å². The number of fused-ring (bicyclic) bond motifs is 1. The fourth-order valence-corrected chi connectivity index (χ4v) is 5.19. The molecule has 170 valence electrons. The van der Waals surface area contributed by atoms with Crippen LogP contribution in [0.15, 0.2) is 90.0 Å². The topological polar surface area (TPSA) is 91.1 Å². The lowest BCUT2D eigenvalue weighted by atomic mass is 9.91. The first kappa shape index (κ1) is 22.8. The van der Waals surface area contributed by atoms with Gasteiger partial charge in [0.1, 0.15) is 0 Å². The van der Waals surface area contributed by atoms with E-state index in [0.717, 1.165) is 22.0 Å². The minimum Gasteiger partial charge on any atom is -0.361 e. The number of hydrogen-bond acceptors (Lipinski definition) is 3. The number of amides is 1. The molecule has 0 radical (unpaired) electrons. The summed E-state index contributed by atoms with van der Waals surface area (Å²) in [6.07, 6.45) is 2.00. The van der Waals surface area contributed by atoms with E-state index < -0.39 is 10.0 Å². The molecule has 4 rings (SSSR count). The van der Waals surface area contributed by atoms with E-state index in [0.29, 0.717) is 12.1 Å². The van der Waals surface area contributed by atoms with Gasteiger partial charge in [0.15, 0.2) is 0 Å². The van der Waals surface area contributed by atoms with Crippen molar-refractivity contribution in [3.63, 3.8) is 0 Å². The van der Waals surface area contributed by atoms with Crippen molar-refractivity contribution in [1.82, 2.24) is 15.0 Å². The van der Waals surface area contributed by atoms with Crippen molar-refractivity contribution in [2.75, 3.05) is 6.54 Å². The highest BCUT2D eigenvalue weighted by Crippen LogP contribution is 2.30. The first-order valence-electron chi connectivity index (χ1n) is 10.9. The zero-order chi connectivity index (χ0) is 23.4. The number of H-pyrrole nitrogens is 1. The van der Waals surface area contributed by atoms with Crippen LogP contribution >= 0.6 is 0 Å². The Balaban J connectivity index is 1.54. The Morgan fingerprint density at radius 2 is 1.58 bits per heavy atom. The van der Waals surface area contributed by atoms with Crippen molar-refractivity contribution >= 4 is 26.8 Å². The number of para-hydroxylation sites is 1. The fourth-order valence-electron chi connectivity index (χ4n) is 3.94. The third kappa shape index (κ3) is 5.16. The average molecular weight is 462 g/mol. The predicted molar refractivity (Wildman–Crippen MR) is 131 cm³/mol. The molecule has 4 aromatic rings. The van der Waals surface area contributed by atoms with Gasteiger partial charge < -0.3 is 10.3 Å². The number of carbonyl (C=O) groups excluding carboxylic acids is 1. The van der Waals surface area contributed by atoms with Crippen molar-refractivity contribution in [1.29, 1.82) is 0 Å². The Hall–Kier alpha value is -3.42. The Bertz CT molecular complexity index is 1340. The summed E-state index contributed by atoms with van der Waals surface area (Å²) in [5.41, 5.74) is 3.66. The summed E-state index contributed by atoms with van der Waals surface area (Å²) in [5, 5.41) is 4.14. The summed E-state index contributed by atoms with van der Waals surface area (Å²) in [7, 11) is -3.60. The van der Waals surface area contributed by atoms with E-state index in [4.69, 9.17) is 0 Å². The van der Waals surface area contributed by atoms with Crippen molar-refractivity contribution in [2.24, 2.45) is 0 Å². The van der Waals surface area contributed by atoms with E-state index >= 15 is 0 Å². The van der Waals surface area contributed by atoms with Crippen LogP contribution in [0.5, 0.6) is 0 Å². The third-order valence-electron chi connectivity index (χ3n) is 5.48. The number of carbonyl (C=O) groups is 1. The van der Waals surface area contributed by atoms with Crippen molar-refractivity contribution in [3.8, 4) is 0 Å². The van der Waals surface area contributed by atoms with Crippen LogP contribution in [0.2, 0.25) is 0 Å². The van der Waals surface area contributed by atoms with Crippen LogP contribution in [-0.2, 0) is 10.0 Å². The molecule has 0 aliphatic heterocycles. The second kappa shape index (κ2) is 9.60. The predicted octanol–water partition coefficient (Wildman–Crippen LogP) is 4.42. The molecule has 7 heteroatoms. The minimum atomic E-state index is -3.60. The summed E-state index contributed by atoms with van der Waals surface area (Å²) in [6, 6.07) is 23.9. The Morgan fingerprint density at radius 1 is 0.909 bits per heavy atom. The Morgan fingerprint density at radius 3 is 2.27 bits per heavy atom. The molecule has 1 heterocycles. The lowest BCUT2D eigenvalue weighted by Gasteiger charge is -2.18. The maximum absolute atomic E-state index is 12.9. The van der Waals surface area contributed by atoms with E-state index in [1.165, 1.54) is 24.3 Å². The summed E-state index contributed by atoms with van der Waals surface area (Å²) in [5.74, 6) is -0.294. The smallest absolute Gasteiger partial charge is 0.251 e. The number of benzene rings is 3. The molecule has 0 spiro atoms. The SMILES string of the molecule is CC(C)NS(=O)(=O)c1ccc(C(=O)NCC(c2ccccc2)c2c[nH]c3ccccc23)cc1. The van der Waals surface area contributed by atoms with Gasteiger partial charge in [-0.25, -0.2) is 13.1 Å². The van der Waals surface area contributed by atoms with Crippen LogP contribution in [-0.4, -0.2) is 31.9 Å². The number of rotatable bonds is 8. The van der Waals surface area contributed by atoms with Gasteiger partial charge in [0.25, 0.3) is 5.91 Å². The Labute approximate surface area is 194 Å². The average Bonchev–Trinajstić information content (AvgIpc) is 3.23. The first-order valence-corrected chi connectivity index (χ1v) is 12.3.